The molecule has 178 valence electrons. The molecule has 2 N–H and O–H groups in total. The highest BCUT2D eigenvalue weighted by atomic mass is 32.2. The number of piperidine rings is 1. The standard InChI is InChI=1S/C24H31N3O5S/c1-17(2)15-25-23(28)19-8-6-12-27(16-19)24(29)18-7-4-9-20(13-18)26-33(30,31)22-11-5-10-21(14-22)32-3/h4-5,7,9-11,13-14,17,19,26H,6,8,12,15-16H2,1-3H3,(H,25,28). The van der Waals surface area contributed by atoms with E-state index >= 15 is 0 Å². The van der Waals surface area contributed by atoms with E-state index in [9.17, 15) is 18.0 Å². The molecule has 8 nitrogen and oxygen atoms in total. The molecule has 0 aromatic heterocycles. The fourth-order valence-electron chi connectivity index (χ4n) is 3.71. The van der Waals surface area contributed by atoms with E-state index in [0.717, 1.165) is 12.8 Å². The molecular weight excluding hydrogens is 442 g/mol. The van der Waals surface area contributed by atoms with Gasteiger partial charge in [0.05, 0.1) is 17.9 Å². The molecule has 1 fully saturated rings. The number of amides is 2. The summed E-state index contributed by atoms with van der Waals surface area (Å²) >= 11 is 0. The molecule has 2 amide bonds. The lowest BCUT2D eigenvalue weighted by Crippen LogP contribution is -2.46. The lowest BCUT2D eigenvalue weighted by molar-refractivity contribution is -0.126. The molecule has 1 atom stereocenters. The second-order valence-corrected chi connectivity index (χ2v) is 10.3. The Morgan fingerprint density at radius 3 is 2.64 bits per heavy atom. The third kappa shape index (κ3) is 6.47. The van der Waals surface area contributed by atoms with Crippen molar-refractivity contribution >= 4 is 27.5 Å². The molecule has 0 aliphatic carbocycles. The minimum absolute atomic E-state index is 0.0269. The Bertz CT molecular complexity index is 1100. The maximum absolute atomic E-state index is 13.1. The summed E-state index contributed by atoms with van der Waals surface area (Å²) < 4.78 is 33.2. The number of nitrogens with one attached hydrogen (secondary N) is 2. The van der Waals surface area contributed by atoms with E-state index in [0.29, 0.717) is 36.9 Å². The minimum Gasteiger partial charge on any atom is -0.497 e. The first kappa shape index (κ1) is 24.6. The van der Waals surface area contributed by atoms with Crippen LogP contribution in [0.15, 0.2) is 53.4 Å². The van der Waals surface area contributed by atoms with Crippen molar-refractivity contribution < 1.29 is 22.7 Å². The van der Waals surface area contributed by atoms with E-state index in [4.69, 9.17) is 4.74 Å². The molecule has 0 radical (unpaired) electrons. The van der Waals surface area contributed by atoms with E-state index in [2.05, 4.69) is 10.0 Å². The Morgan fingerprint density at radius 1 is 1.15 bits per heavy atom. The van der Waals surface area contributed by atoms with Crippen LogP contribution in [0.25, 0.3) is 0 Å². The molecule has 9 heteroatoms. The van der Waals surface area contributed by atoms with Gasteiger partial charge in [0, 0.05) is 37.0 Å². The van der Waals surface area contributed by atoms with Gasteiger partial charge in [0.25, 0.3) is 15.9 Å². The summed E-state index contributed by atoms with van der Waals surface area (Å²) in [5.41, 5.74) is 0.649. The van der Waals surface area contributed by atoms with Gasteiger partial charge in [-0.3, -0.25) is 14.3 Å². The van der Waals surface area contributed by atoms with Gasteiger partial charge in [0.15, 0.2) is 0 Å². The highest BCUT2D eigenvalue weighted by molar-refractivity contribution is 7.92. The highest BCUT2D eigenvalue weighted by Crippen LogP contribution is 2.23. The van der Waals surface area contributed by atoms with Crippen molar-refractivity contribution in [2.45, 2.75) is 31.6 Å². The Morgan fingerprint density at radius 2 is 1.91 bits per heavy atom. The van der Waals surface area contributed by atoms with Crippen LogP contribution in [0.5, 0.6) is 5.75 Å². The van der Waals surface area contributed by atoms with Crippen molar-refractivity contribution in [2.75, 3.05) is 31.5 Å². The van der Waals surface area contributed by atoms with E-state index in [1.165, 1.54) is 25.3 Å². The van der Waals surface area contributed by atoms with Crippen molar-refractivity contribution in [3.05, 3.63) is 54.1 Å². The third-order valence-corrected chi connectivity index (χ3v) is 6.86. The number of anilines is 1. The molecule has 1 heterocycles. The molecule has 0 saturated carbocycles. The topological polar surface area (TPSA) is 105 Å². The molecular formula is C24H31N3O5S. The number of methoxy groups -OCH3 is 1. The molecule has 0 bridgehead atoms. The van der Waals surface area contributed by atoms with Crippen LogP contribution >= 0.6 is 0 Å². The highest BCUT2D eigenvalue weighted by Gasteiger charge is 2.29. The lowest BCUT2D eigenvalue weighted by atomic mass is 9.96. The van der Waals surface area contributed by atoms with Gasteiger partial charge >= 0.3 is 0 Å². The zero-order valence-electron chi connectivity index (χ0n) is 19.2. The van der Waals surface area contributed by atoms with Gasteiger partial charge in [-0.1, -0.05) is 26.0 Å². The number of ether oxygens (including phenoxy) is 1. The maximum Gasteiger partial charge on any atom is 0.262 e. The Balaban J connectivity index is 1.70. The second-order valence-electron chi connectivity index (χ2n) is 8.59. The van der Waals surface area contributed by atoms with Crippen molar-refractivity contribution in [1.29, 1.82) is 0 Å². The fourth-order valence-corrected chi connectivity index (χ4v) is 4.79. The Labute approximate surface area is 195 Å². The van der Waals surface area contributed by atoms with Crippen LogP contribution in [-0.4, -0.2) is 51.9 Å². The lowest BCUT2D eigenvalue weighted by Gasteiger charge is -2.32. The number of carbonyl (C=O) groups is 2. The second kappa shape index (κ2) is 10.7. The van der Waals surface area contributed by atoms with Crippen LogP contribution in [0.4, 0.5) is 5.69 Å². The van der Waals surface area contributed by atoms with E-state index in [-0.39, 0.29) is 28.3 Å². The number of sulfonamides is 1. The monoisotopic (exact) mass is 473 g/mol. The summed E-state index contributed by atoms with van der Waals surface area (Å²) in [6.07, 6.45) is 1.49. The number of hydrogen-bond acceptors (Lipinski definition) is 5. The average Bonchev–Trinajstić information content (AvgIpc) is 2.82. The minimum atomic E-state index is -3.85. The molecule has 0 spiro atoms. The van der Waals surface area contributed by atoms with Crippen LogP contribution in [0, 0.1) is 11.8 Å². The summed E-state index contributed by atoms with van der Waals surface area (Å²) in [5.74, 6) is 0.300. The zero-order valence-corrected chi connectivity index (χ0v) is 20.0. The summed E-state index contributed by atoms with van der Waals surface area (Å²) in [5, 5.41) is 2.95. The van der Waals surface area contributed by atoms with Crippen LogP contribution in [-0.2, 0) is 14.8 Å². The number of carbonyl (C=O) groups excluding carboxylic acids is 2. The molecule has 1 saturated heterocycles. The Hall–Kier alpha value is -3.07. The number of hydrogen-bond donors (Lipinski definition) is 2. The molecule has 1 aliphatic rings. The third-order valence-electron chi connectivity index (χ3n) is 5.48. The van der Waals surface area contributed by atoms with Gasteiger partial charge in [-0.2, -0.15) is 0 Å². The quantitative estimate of drug-likeness (QED) is 0.613. The van der Waals surface area contributed by atoms with Gasteiger partial charge in [-0.15, -0.1) is 0 Å². The fraction of sp³-hybridized carbons (Fsp3) is 0.417. The molecule has 2 aromatic rings. The molecule has 3 rings (SSSR count). The smallest absolute Gasteiger partial charge is 0.262 e. The van der Waals surface area contributed by atoms with Crippen molar-refractivity contribution in [2.24, 2.45) is 11.8 Å². The molecule has 2 aromatic carbocycles. The maximum atomic E-state index is 13.1. The van der Waals surface area contributed by atoms with Gasteiger partial charge in [0.2, 0.25) is 5.91 Å². The van der Waals surface area contributed by atoms with Gasteiger partial charge in [0.1, 0.15) is 5.75 Å². The average molecular weight is 474 g/mol. The molecule has 33 heavy (non-hydrogen) atoms. The summed E-state index contributed by atoms with van der Waals surface area (Å²) in [4.78, 5) is 27.3. The summed E-state index contributed by atoms with van der Waals surface area (Å²) in [6.45, 7) is 5.59. The van der Waals surface area contributed by atoms with Crippen LogP contribution in [0.2, 0.25) is 0 Å². The normalized spacial score (nSPS) is 16.4. The SMILES string of the molecule is COc1cccc(S(=O)(=O)Nc2cccc(C(=O)N3CCCC(C(=O)NCC(C)C)C3)c2)c1. The van der Waals surface area contributed by atoms with Gasteiger partial charge < -0.3 is 15.0 Å². The van der Waals surface area contributed by atoms with E-state index in [1.54, 1.807) is 35.2 Å². The first-order valence-electron chi connectivity index (χ1n) is 11.0. The van der Waals surface area contributed by atoms with Gasteiger partial charge in [-0.05, 0) is 49.1 Å². The number of benzene rings is 2. The molecule has 1 unspecified atom stereocenters. The van der Waals surface area contributed by atoms with Crippen molar-refractivity contribution in [1.82, 2.24) is 10.2 Å². The number of rotatable bonds is 8. The van der Waals surface area contributed by atoms with Crippen molar-refractivity contribution in [3.8, 4) is 5.75 Å². The largest absolute Gasteiger partial charge is 0.497 e. The van der Waals surface area contributed by atoms with E-state index < -0.39 is 10.0 Å². The summed E-state index contributed by atoms with van der Waals surface area (Å²) in [7, 11) is -2.39. The van der Waals surface area contributed by atoms with Crippen LogP contribution in [0.3, 0.4) is 0 Å². The van der Waals surface area contributed by atoms with Crippen LogP contribution < -0.4 is 14.8 Å². The number of likely N-dealkylation sites (tertiary alicyclic amines) is 1. The number of nitrogens with zero attached hydrogens (tertiary/aromatic N) is 1. The zero-order chi connectivity index (χ0) is 24.0. The summed E-state index contributed by atoms with van der Waals surface area (Å²) in [6, 6.07) is 12.5. The predicted molar refractivity (Wildman–Crippen MR) is 127 cm³/mol. The van der Waals surface area contributed by atoms with E-state index in [1.807, 2.05) is 13.8 Å². The van der Waals surface area contributed by atoms with Crippen LogP contribution in [0.1, 0.15) is 37.0 Å². The Kier molecular flexibility index (Phi) is 7.97. The first-order valence-corrected chi connectivity index (χ1v) is 12.5. The predicted octanol–water partition coefficient (Wildman–Crippen LogP) is 3.12. The molecule has 1 aliphatic heterocycles. The van der Waals surface area contributed by atoms with Gasteiger partial charge in [-0.25, -0.2) is 8.42 Å². The van der Waals surface area contributed by atoms with Crippen molar-refractivity contribution in [3.63, 3.8) is 0 Å². The first-order chi connectivity index (χ1) is 15.7.